The van der Waals surface area contributed by atoms with Gasteiger partial charge in [-0.15, -0.1) is 0 Å². The summed E-state index contributed by atoms with van der Waals surface area (Å²) in [5, 5.41) is 8.60. The Hall–Kier alpha value is -1.58. The molecule has 2 aromatic rings. The van der Waals surface area contributed by atoms with Crippen molar-refractivity contribution in [3.63, 3.8) is 0 Å². The van der Waals surface area contributed by atoms with Crippen molar-refractivity contribution in [1.29, 1.82) is 0 Å². The first-order valence-electron chi connectivity index (χ1n) is 4.29. The van der Waals surface area contributed by atoms with E-state index in [9.17, 15) is 0 Å². The van der Waals surface area contributed by atoms with Gasteiger partial charge in [0.25, 0.3) is 0 Å². The summed E-state index contributed by atoms with van der Waals surface area (Å²) in [6.45, 7) is 4.09. The highest BCUT2D eigenvalue weighted by Crippen LogP contribution is 2.14. The first kappa shape index (κ1) is 8.04. The van der Waals surface area contributed by atoms with Gasteiger partial charge in [-0.2, -0.15) is 15.0 Å². The number of nitrogens with two attached hydrogens (primary N) is 1. The van der Waals surface area contributed by atoms with E-state index in [0.29, 0.717) is 0 Å². The molecule has 0 bridgehead atoms. The topological polar surface area (TPSA) is 56.7 Å². The molecule has 1 heterocycles. The Balaban J connectivity index is 2.62. The molecule has 13 heavy (non-hydrogen) atoms. The second-order valence-electron chi connectivity index (χ2n) is 3.36. The van der Waals surface area contributed by atoms with Crippen molar-refractivity contribution in [1.82, 2.24) is 15.0 Å². The molecule has 0 saturated carbocycles. The summed E-state index contributed by atoms with van der Waals surface area (Å²) < 4.78 is 0. The van der Waals surface area contributed by atoms with Crippen LogP contribution >= 0.6 is 0 Å². The second-order valence-corrected chi connectivity index (χ2v) is 3.36. The van der Waals surface area contributed by atoms with Crippen LogP contribution in [-0.2, 0) is 0 Å². The van der Waals surface area contributed by atoms with Gasteiger partial charge < -0.3 is 5.73 Å². The molecule has 0 spiro atoms. The van der Waals surface area contributed by atoms with Gasteiger partial charge in [0.2, 0.25) is 0 Å². The van der Waals surface area contributed by atoms with Crippen molar-refractivity contribution in [2.24, 2.45) is 0 Å². The van der Waals surface area contributed by atoms with E-state index in [1.807, 2.05) is 32.0 Å². The van der Waals surface area contributed by atoms with E-state index < -0.39 is 0 Å². The molecule has 4 nitrogen and oxygen atoms in total. The van der Waals surface area contributed by atoms with E-state index in [0.717, 1.165) is 16.7 Å². The fourth-order valence-electron chi connectivity index (χ4n) is 1.18. The molecule has 0 amide bonds. The molecule has 1 aromatic heterocycles. The SMILES string of the molecule is CC(C)n1nc2ccc(N)cc2n1. The summed E-state index contributed by atoms with van der Waals surface area (Å²) in [4.78, 5) is 1.70. The van der Waals surface area contributed by atoms with Crippen molar-refractivity contribution in [2.75, 3.05) is 5.73 Å². The van der Waals surface area contributed by atoms with E-state index in [-0.39, 0.29) is 6.04 Å². The van der Waals surface area contributed by atoms with E-state index >= 15 is 0 Å². The number of aromatic nitrogens is 3. The summed E-state index contributed by atoms with van der Waals surface area (Å²) in [6, 6.07) is 5.84. The van der Waals surface area contributed by atoms with Crippen molar-refractivity contribution in [3.8, 4) is 0 Å². The quantitative estimate of drug-likeness (QED) is 0.671. The van der Waals surface area contributed by atoms with Crippen LogP contribution < -0.4 is 5.73 Å². The summed E-state index contributed by atoms with van der Waals surface area (Å²) in [5.41, 5.74) is 8.10. The Morgan fingerprint density at radius 3 is 2.62 bits per heavy atom. The van der Waals surface area contributed by atoms with Gasteiger partial charge in [0.15, 0.2) is 0 Å². The Bertz CT molecular complexity index is 430. The first-order valence-corrected chi connectivity index (χ1v) is 4.29. The Morgan fingerprint density at radius 2 is 1.92 bits per heavy atom. The van der Waals surface area contributed by atoms with Crippen LogP contribution in [-0.4, -0.2) is 15.0 Å². The fraction of sp³-hybridized carbons (Fsp3) is 0.333. The van der Waals surface area contributed by atoms with Crippen LogP contribution in [0.25, 0.3) is 11.0 Å². The maximum Gasteiger partial charge on any atom is 0.115 e. The maximum atomic E-state index is 5.63. The average molecular weight is 176 g/mol. The number of fused-ring (bicyclic) bond motifs is 1. The molecule has 0 atom stereocenters. The van der Waals surface area contributed by atoms with Gasteiger partial charge >= 0.3 is 0 Å². The number of nitrogens with zero attached hydrogens (tertiary/aromatic N) is 3. The van der Waals surface area contributed by atoms with Crippen LogP contribution in [0.2, 0.25) is 0 Å². The molecule has 0 fully saturated rings. The highest BCUT2D eigenvalue weighted by atomic mass is 15.5. The number of benzene rings is 1. The predicted octanol–water partition coefficient (Wildman–Crippen LogP) is 1.59. The third-order valence-corrected chi connectivity index (χ3v) is 1.88. The van der Waals surface area contributed by atoms with Gasteiger partial charge in [0.05, 0.1) is 6.04 Å². The van der Waals surface area contributed by atoms with Gasteiger partial charge in [0, 0.05) is 5.69 Å². The van der Waals surface area contributed by atoms with Gasteiger partial charge in [-0.25, -0.2) is 0 Å². The standard InChI is InChI=1S/C9H12N4/c1-6(2)13-11-8-4-3-7(10)5-9(8)12-13/h3-6H,10H2,1-2H3. The van der Waals surface area contributed by atoms with Crippen LogP contribution in [0.5, 0.6) is 0 Å². The van der Waals surface area contributed by atoms with Crippen molar-refractivity contribution < 1.29 is 0 Å². The Morgan fingerprint density at radius 1 is 1.23 bits per heavy atom. The number of anilines is 1. The van der Waals surface area contributed by atoms with Gasteiger partial charge in [-0.1, -0.05) is 0 Å². The number of rotatable bonds is 1. The molecule has 1 aromatic carbocycles. The minimum absolute atomic E-state index is 0.286. The van der Waals surface area contributed by atoms with Gasteiger partial charge in [0.1, 0.15) is 11.0 Å². The molecule has 0 aliphatic heterocycles. The predicted molar refractivity (Wildman–Crippen MR) is 52.3 cm³/mol. The molecule has 0 aliphatic rings. The lowest BCUT2D eigenvalue weighted by molar-refractivity contribution is 0.472. The molecule has 2 rings (SSSR count). The summed E-state index contributed by atoms with van der Waals surface area (Å²) >= 11 is 0. The third kappa shape index (κ3) is 1.35. The Labute approximate surface area is 76.3 Å². The number of hydrogen-bond acceptors (Lipinski definition) is 3. The normalized spacial score (nSPS) is 11.3. The van der Waals surface area contributed by atoms with E-state index in [1.54, 1.807) is 4.80 Å². The lowest BCUT2D eigenvalue weighted by Crippen LogP contribution is -2.04. The molecular formula is C9H12N4. The van der Waals surface area contributed by atoms with E-state index in [1.165, 1.54) is 0 Å². The number of hydrogen-bond donors (Lipinski definition) is 1. The van der Waals surface area contributed by atoms with Crippen LogP contribution in [0.4, 0.5) is 5.69 Å². The molecule has 68 valence electrons. The first-order chi connectivity index (χ1) is 6.16. The van der Waals surface area contributed by atoms with Crippen LogP contribution in [0.15, 0.2) is 18.2 Å². The molecule has 0 aliphatic carbocycles. The summed E-state index contributed by atoms with van der Waals surface area (Å²) in [7, 11) is 0. The van der Waals surface area contributed by atoms with Crippen LogP contribution in [0.3, 0.4) is 0 Å². The lowest BCUT2D eigenvalue weighted by atomic mass is 10.3. The number of nitrogen functional groups attached to an aromatic ring is 1. The molecule has 4 heteroatoms. The van der Waals surface area contributed by atoms with E-state index in [4.69, 9.17) is 5.73 Å². The highest BCUT2D eigenvalue weighted by Gasteiger charge is 2.04. The highest BCUT2D eigenvalue weighted by molar-refractivity contribution is 5.77. The monoisotopic (exact) mass is 176 g/mol. The van der Waals surface area contributed by atoms with Gasteiger partial charge in [-0.3, -0.25) is 0 Å². The van der Waals surface area contributed by atoms with E-state index in [2.05, 4.69) is 10.2 Å². The zero-order chi connectivity index (χ0) is 9.42. The molecule has 0 radical (unpaired) electrons. The molecule has 0 unspecified atom stereocenters. The van der Waals surface area contributed by atoms with Crippen LogP contribution in [0, 0.1) is 0 Å². The Kier molecular flexibility index (Phi) is 1.69. The smallest absolute Gasteiger partial charge is 0.115 e. The molecule has 2 N–H and O–H groups in total. The molecule has 0 saturated heterocycles. The fourth-order valence-corrected chi connectivity index (χ4v) is 1.18. The average Bonchev–Trinajstić information content (AvgIpc) is 2.46. The van der Waals surface area contributed by atoms with Crippen molar-refractivity contribution in [3.05, 3.63) is 18.2 Å². The van der Waals surface area contributed by atoms with Crippen molar-refractivity contribution >= 4 is 16.7 Å². The third-order valence-electron chi connectivity index (χ3n) is 1.88. The van der Waals surface area contributed by atoms with Crippen LogP contribution in [0.1, 0.15) is 19.9 Å². The van der Waals surface area contributed by atoms with Crippen molar-refractivity contribution in [2.45, 2.75) is 19.9 Å². The zero-order valence-corrected chi connectivity index (χ0v) is 7.73. The summed E-state index contributed by atoms with van der Waals surface area (Å²) in [6.07, 6.45) is 0. The van der Waals surface area contributed by atoms with Gasteiger partial charge in [-0.05, 0) is 32.0 Å². The summed E-state index contributed by atoms with van der Waals surface area (Å²) in [5.74, 6) is 0. The minimum Gasteiger partial charge on any atom is -0.399 e. The lowest BCUT2D eigenvalue weighted by Gasteiger charge is -1.99. The maximum absolute atomic E-state index is 5.63. The minimum atomic E-state index is 0.286. The zero-order valence-electron chi connectivity index (χ0n) is 7.73. The second kappa shape index (κ2) is 2.73. The molecular weight excluding hydrogens is 164 g/mol. The largest absolute Gasteiger partial charge is 0.399 e.